The molecule has 6 rings (SSSR count). The number of anilines is 3. The van der Waals surface area contributed by atoms with Crippen LogP contribution in [0.2, 0.25) is 0 Å². The molecule has 2 heterocycles. The average Bonchev–Trinajstić information content (AvgIpc) is 3.13. The smallest absolute Gasteiger partial charge is 0.0509 e. The van der Waals surface area contributed by atoms with Crippen molar-refractivity contribution in [2.24, 2.45) is 0 Å². The third-order valence-corrected chi connectivity index (χ3v) is 7.90. The minimum atomic E-state index is -0.122. The standard InChI is InChI=1S/C27H20BrNS/c1-27(2)20-16-17(28)12-13-21(20)29(18-8-4-3-5-9-18)22-14-15-24-25(26(22)27)19-10-6-7-11-23(19)30-24/h3-16H,1-2H3. The number of fused-ring (bicyclic) bond motifs is 6. The van der Waals surface area contributed by atoms with Gasteiger partial charge < -0.3 is 4.90 Å². The number of para-hydroxylation sites is 1. The van der Waals surface area contributed by atoms with E-state index >= 15 is 0 Å². The second kappa shape index (κ2) is 6.44. The summed E-state index contributed by atoms with van der Waals surface area (Å²) in [5.74, 6) is 0. The molecule has 5 aromatic rings. The van der Waals surface area contributed by atoms with Gasteiger partial charge in [0.1, 0.15) is 0 Å². The highest BCUT2D eigenvalue weighted by atomic mass is 79.9. The summed E-state index contributed by atoms with van der Waals surface area (Å²) in [4.78, 5) is 2.42. The number of hydrogen-bond acceptors (Lipinski definition) is 2. The molecule has 0 radical (unpaired) electrons. The van der Waals surface area contributed by atoms with Crippen LogP contribution in [0.3, 0.4) is 0 Å². The lowest BCUT2D eigenvalue weighted by molar-refractivity contribution is 0.638. The van der Waals surface area contributed by atoms with Crippen LogP contribution >= 0.6 is 27.3 Å². The number of hydrogen-bond donors (Lipinski definition) is 0. The number of rotatable bonds is 1. The van der Waals surface area contributed by atoms with Crippen molar-refractivity contribution < 1.29 is 0 Å². The monoisotopic (exact) mass is 469 g/mol. The fourth-order valence-corrected chi connectivity index (χ4v) is 6.42. The number of thiophene rings is 1. The van der Waals surface area contributed by atoms with Crippen LogP contribution in [0.4, 0.5) is 17.1 Å². The Bertz CT molecular complexity index is 1430. The lowest BCUT2D eigenvalue weighted by Crippen LogP contribution is -2.30. The molecule has 0 unspecified atom stereocenters. The predicted molar refractivity (Wildman–Crippen MR) is 134 cm³/mol. The summed E-state index contributed by atoms with van der Waals surface area (Å²) < 4.78 is 3.82. The SMILES string of the molecule is CC1(C)c2cc(Br)ccc2N(c2ccccc2)c2ccc3sc4ccccc4c3c21. The quantitative estimate of drug-likeness (QED) is 0.236. The van der Waals surface area contributed by atoms with E-state index in [-0.39, 0.29) is 5.41 Å². The summed E-state index contributed by atoms with van der Waals surface area (Å²) in [6.07, 6.45) is 0. The van der Waals surface area contributed by atoms with E-state index in [4.69, 9.17) is 0 Å². The molecular weight excluding hydrogens is 450 g/mol. The molecule has 0 spiro atoms. The molecule has 1 aliphatic heterocycles. The maximum Gasteiger partial charge on any atom is 0.0509 e. The molecule has 0 fully saturated rings. The van der Waals surface area contributed by atoms with Crippen LogP contribution in [0.15, 0.2) is 89.4 Å². The van der Waals surface area contributed by atoms with Crippen molar-refractivity contribution in [2.45, 2.75) is 19.3 Å². The topological polar surface area (TPSA) is 3.24 Å². The number of nitrogens with zero attached hydrogens (tertiary/aromatic N) is 1. The van der Waals surface area contributed by atoms with Crippen molar-refractivity contribution >= 4 is 64.5 Å². The molecular formula is C27H20BrNS. The Morgan fingerprint density at radius 2 is 1.50 bits per heavy atom. The van der Waals surface area contributed by atoms with Crippen molar-refractivity contribution in [1.29, 1.82) is 0 Å². The lowest BCUT2D eigenvalue weighted by Gasteiger charge is -2.42. The van der Waals surface area contributed by atoms with Gasteiger partial charge in [0.2, 0.25) is 0 Å². The first kappa shape index (κ1) is 18.2. The highest BCUT2D eigenvalue weighted by Crippen LogP contribution is 2.56. The first-order chi connectivity index (χ1) is 14.6. The van der Waals surface area contributed by atoms with E-state index in [1.54, 1.807) is 0 Å². The Kier molecular flexibility index (Phi) is 3.90. The van der Waals surface area contributed by atoms with Gasteiger partial charge in [-0.3, -0.25) is 0 Å². The Hall–Kier alpha value is -2.62. The Labute approximate surface area is 188 Å². The van der Waals surface area contributed by atoms with Crippen LogP contribution in [0.5, 0.6) is 0 Å². The maximum atomic E-state index is 3.72. The number of halogens is 1. The van der Waals surface area contributed by atoms with Crippen molar-refractivity contribution in [3.8, 4) is 0 Å². The highest BCUT2D eigenvalue weighted by molar-refractivity contribution is 9.10. The van der Waals surface area contributed by atoms with Crippen LogP contribution in [-0.2, 0) is 5.41 Å². The van der Waals surface area contributed by atoms with Gasteiger partial charge in [0, 0.05) is 35.7 Å². The van der Waals surface area contributed by atoms with Gasteiger partial charge in [-0.1, -0.05) is 66.2 Å². The normalized spacial score (nSPS) is 14.7. The minimum absolute atomic E-state index is 0.122. The van der Waals surface area contributed by atoms with E-state index < -0.39 is 0 Å². The maximum absolute atomic E-state index is 3.72. The van der Waals surface area contributed by atoms with E-state index in [2.05, 4.69) is 120 Å². The van der Waals surface area contributed by atoms with Crippen LogP contribution in [0.25, 0.3) is 20.2 Å². The first-order valence-corrected chi connectivity index (χ1v) is 11.8. The minimum Gasteiger partial charge on any atom is -0.310 e. The number of benzene rings is 4. The molecule has 0 atom stereocenters. The highest BCUT2D eigenvalue weighted by Gasteiger charge is 2.39. The third kappa shape index (κ3) is 2.46. The molecule has 0 bridgehead atoms. The Morgan fingerprint density at radius 1 is 0.767 bits per heavy atom. The van der Waals surface area contributed by atoms with Crippen LogP contribution in [0, 0.1) is 0 Å². The fraction of sp³-hybridized carbons (Fsp3) is 0.111. The lowest BCUT2D eigenvalue weighted by atomic mass is 9.72. The molecule has 0 N–H and O–H groups in total. The molecule has 1 nitrogen and oxygen atoms in total. The van der Waals surface area contributed by atoms with Crippen molar-refractivity contribution in [3.63, 3.8) is 0 Å². The van der Waals surface area contributed by atoms with Crippen LogP contribution in [0.1, 0.15) is 25.0 Å². The predicted octanol–water partition coefficient (Wildman–Crippen LogP) is 8.93. The third-order valence-electron chi connectivity index (χ3n) is 6.27. The van der Waals surface area contributed by atoms with Crippen molar-refractivity contribution in [2.75, 3.05) is 4.90 Å². The second-order valence-electron chi connectivity index (χ2n) is 8.39. The molecule has 30 heavy (non-hydrogen) atoms. The van der Waals surface area contributed by atoms with E-state index in [0.29, 0.717) is 0 Å². The van der Waals surface area contributed by atoms with Crippen molar-refractivity contribution in [1.82, 2.24) is 0 Å². The zero-order valence-electron chi connectivity index (χ0n) is 16.8. The van der Waals surface area contributed by atoms with Gasteiger partial charge in [0.25, 0.3) is 0 Å². The Morgan fingerprint density at radius 3 is 2.33 bits per heavy atom. The van der Waals surface area contributed by atoms with Gasteiger partial charge in [-0.05, 0) is 59.7 Å². The molecule has 146 valence electrons. The molecule has 0 aliphatic carbocycles. The summed E-state index contributed by atoms with van der Waals surface area (Å²) in [7, 11) is 0. The molecule has 1 aromatic heterocycles. The van der Waals surface area contributed by atoms with Gasteiger partial charge in [-0.25, -0.2) is 0 Å². The van der Waals surface area contributed by atoms with E-state index in [1.807, 2.05) is 11.3 Å². The molecule has 0 saturated carbocycles. The second-order valence-corrected chi connectivity index (χ2v) is 10.4. The van der Waals surface area contributed by atoms with Gasteiger partial charge in [0.15, 0.2) is 0 Å². The summed E-state index contributed by atoms with van der Waals surface area (Å²) in [6, 6.07) is 30.8. The van der Waals surface area contributed by atoms with E-state index in [1.165, 1.54) is 48.4 Å². The van der Waals surface area contributed by atoms with Gasteiger partial charge in [-0.2, -0.15) is 0 Å². The molecule has 0 saturated heterocycles. The van der Waals surface area contributed by atoms with Crippen LogP contribution in [-0.4, -0.2) is 0 Å². The zero-order valence-corrected chi connectivity index (χ0v) is 19.2. The first-order valence-electron chi connectivity index (χ1n) is 10.2. The molecule has 1 aliphatic rings. The van der Waals surface area contributed by atoms with Gasteiger partial charge in [-0.15, -0.1) is 11.3 Å². The average molecular weight is 470 g/mol. The summed E-state index contributed by atoms with van der Waals surface area (Å²) in [5.41, 5.74) is 6.35. The molecule has 3 heteroatoms. The summed E-state index contributed by atoms with van der Waals surface area (Å²) in [5, 5.41) is 2.75. The zero-order chi connectivity index (χ0) is 20.5. The largest absolute Gasteiger partial charge is 0.310 e. The fourth-order valence-electron chi connectivity index (χ4n) is 4.95. The summed E-state index contributed by atoms with van der Waals surface area (Å²) >= 11 is 5.61. The van der Waals surface area contributed by atoms with E-state index in [0.717, 1.165) is 4.47 Å². The summed E-state index contributed by atoms with van der Waals surface area (Å²) in [6.45, 7) is 4.73. The molecule has 4 aromatic carbocycles. The Balaban J connectivity index is 1.79. The molecule has 0 amide bonds. The van der Waals surface area contributed by atoms with Crippen LogP contribution < -0.4 is 4.90 Å². The van der Waals surface area contributed by atoms with E-state index in [9.17, 15) is 0 Å². The van der Waals surface area contributed by atoms with Gasteiger partial charge >= 0.3 is 0 Å². The van der Waals surface area contributed by atoms with Crippen molar-refractivity contribution in [3.05, 3.63) is 101 Å². The van der Waals surface area contributed by atoms with Gasteiger partial charge in [0.05, 0.1) is 11.4 Å².